The molecule has 0 unspecified atom stereocenters. The fraction of sp³-hybridized carbons (Fsp3) is 0. The molecule has 0 radical (unpaired) electrons. The van der Waals surface area contributed by atoms with Crippen LogP contribution in [0.25, 0.3) is 127 Å². The van der Waals surface area contributed by atoms with Crippen molar-refractivity contribution in [1.29, 1.82) is 0 Å². The number of hydrogen-bond acceptors (Lipinski definition) is 3. The van der Waals surface area contributed by atoms with Gasteiger partial charge in [-0.15, -0.1) is 0 Å². The largest absolute Gasteiger partial charge is 0.455 e. The Morgan fingerprint density at radius 2 is 0.778 bits per heavy atom. The van der Waals surface area contributed by atoms with E-state index in [1.54, 1.807) is 0 Å². The van der Waals surface area contributed by atoms with Gasteiger partial charge in [-0.25, -0.2) is 4.98 Å². The lowest BCUT2D eigenvalue weighted by Gasteiger charge is -2.13. The first kappa shape index (κ1) is 35.3. The van der Waals surface area contributed by atoms with Crippen LogP contribution in [0.3, 0.4) is 0 Å². The molecular formula is C59H36N2O2. The molecule has 0 saturated heterocycles. The van der Waals surface area contributed by atoms with E-state index in [0.29, 0.717) is 0 Å². The highest BCUT2D eigenvalue weighted by atomic mass is 16.3. The minimum Gasteiger partial charge on any atom is -0.455 e. The highest BCUT2D eigenvalue weighted by Gasteiger charge is 2.20. The number of para-hydroxylation sites is 4. The van der Waals surface area contributed by atoms with Gasteiger partial charge in [0.1, 0.15) is 22.3 Å². The Kier molecular flexibility index (Phi) is 7.87. The zero-order chi connectivity index (χ0) is 41.4. The van der Waals surface area contributed by atoms with E-state index in [9.17, 15) is 0 Å². The molecule has 0 aliphatic rings. The van der Waals surface area contributed by atoms with Crippen LogP contribution >= 0.6 is 0 Å². The van der Waals surface area contributed by atoms with E-state index < -0.39 is 0 Å². The summed E-state index contributed by atoms with van der Waals surface area (Å²) < 4.78 is 15.5. The van der Waals surface area contributed by atoms with Crippen LogP contribution in [0, 0.1) is 0 Å². The predicted octanol–water partition coefficient (Wildman–Crippen LogP) is 16.3. The molecule has 4 nitrogen and oxygen atoms in total. The van der Waals surface area contributed by atoms with Crippen LogP contribution < -0.4 is 0 Å². The molecule has 0 saturated carbocycles. The van der Waals surface area contributed by atoms with Gasteiger partial charge in [0.2, 0.25) is 0 Å². The third-order valence-corrected chi connectivity index (χ3v) is 12.6. The number of nitrogens with zero attached hydrogens (tertiary/aromatic N) is 2. The smallest absolute Gasteiger partial charge is 0.143 e. The number of furan rings is 2. The number of rotatable bonds is 6. The van der Waals surface area contributed by atoms with Crippen LogP contribution in [0.2, 0.25) is 0 Å². The minimum atomic E-state index is 0.890. The summed E-state index contributed by atoms with van der Waals surface area (Å²) in [4.78, 5) is 5.29. The van der Waals surface area contributed by atoms with Gasteiger partial charge in [0.05, 0.1) is 22.4 Å². The van der Waals surface area contributed by atoms with E-state index in [2.05, 4.69) is 193 Å². The van der Waals surface area contributed by atoms with Gasteiger partial charge in [-0.3, -0.25) is 0 Å². The summed E-state index contributed by atoms with van der Waals surface area (Å²) in [5.74, 6) is 0. The van der Waals surface area contributed by atoms with Crippen molar-refractivity contribution in [3.8, 4) is 61.6 Å². The van der Waals surface area contributed by atoms with Crippen LogP contribution in [0.15, 0.2) is 227 Å². The molecule has 0 aliphatic heterocycles. The van der Waals surface area contributed by atoms with Gasteiger partial charge in [-0.05, 0) is 82.9 Å². The molecule has 294 valence electrons. The first-order chi connectivity index (χ1) is 31.2. The van der Waals surface area contributed by atoms with E-state index >= 15 is 0 Å². The topological polar surface area (TPSA) is 44.1 Å². The first-order valence-electron chi connectivity index (χ1n) is 21.4. The number of aromatic nitrogens is 2. The van der Waals surface area contributed by atoms with E-state index in [0.717, 1.165) is 127 Å². The molecular weight excluding hydrogens is 769 g/mol. The number of pyridine rings is 1. The highest BCUT2D eigenvalue weighted by Crippen LogP contribution is 2.43. The summed E-state index contributed by atoms with van der Waals surface area (Å²) >= 11 is 0. The van der Waals surface area contributed by atoms with E-state index in [1.165, 1.54) is 0 Å². The highest BCUT2D eigenvalue weighted by molar-refractivity contribution is 6.15. The predicted molar refractivity (Wildman–Crippen MR) is 260 cm³/mol. The molecule has 0 N–H and O–H groups in total. The number of hydrogen-bond donors (Lipinski definition) is 0. The van der Waals surface area contributed by atoms with Gasteiger partial charge in [-0.2, -0.15) is 0 Å². The summed E-state index contributed by atoms with van der Waals surface area (Å²) in [6.45, 7) is 0. The fourth-order valence-electron chi connectivity index (χ4n) is 9.62. The third kappa shape index (κ3) is 5.73. The Hall–Kier alpha value is -8.47. The maximum Gasteiger partial charge on any atom is 0.143 e. The van der Waals surface area contributed by atoms with Crippen molar-refractivity contribution >= 4 is 65.7 Å². The van der Waals surface area contributed by atoms with Gasteiger partial charge in [0, 0.05) is 60.3 Å². The molecule has 4 heterocycles. The second-order valence-electron chi connectivity index (χ2n) is 16.3. The summed E-state index contributed by atoms with van der Waals surface area (Å²) in [7, 11) is 0. The molecule has 4 heteroatoms. The second kappa shape index (κ2) is 14.1. The molecule has 4 aromatic heterocycles. The van der Waals surface area contributed by atoms with E-state index in [-0.39, 0.29) is 0 Å². The fourth-order valence-corrected chi connectivity index (χ4v) is 9.62. The summed E-state index contributed by atoms with van der Waals surface area (Å²) in [6, 6.07) is 77.3. The lowest BCUT2D eigenvalue weighted by molar-refractivity contribution is 0.669. The van der Waals surface area contributed by atoms with Crippen molar-refractivity contribution in [1.82, 2.24) is 9.55 Å². The maximum absolute atomic E-state index is 6.56. The average molecular weight is 805 g/mol. The van der Waals surface area contributed by atoms with Crippen molar-refractivity contribution in [2.45, 2.75) is 0 Å². The van der Waals surface area contributed by atoms with Gasteiger partial charge in [-0.1, -0.05) is 158 Å². The lowest BCUT2D eigenvalue weighted by atomic mass is 9.98. The lowest BCUT2D eigenvalue weighted by Crippen LogP contribution is -1.96. The third-order valence-electron chi connectivity index (χ3n) is 12.6. The van der Waals surface area contributed by atoms with Crippen LogP contribution in [0.1, 0.15) is 0 Å². The molecule has 9 aromatic carbocycles. The molecule has 13 rings (SSSR count). The zero-order valence-electron chi connectivity index (χ0n) is 34.0. The molecule has 0 aliphatic carbocycles. The Labute approximate surface area is 362 Å². The Morgan fingerprint density at radius 3 is 1.37 bits per heavy atom. The molecule has 63 heavy (non-hydrogen) atoms. The SMILES string of the molecule is c1ccc(-c2cc(-c3ccccc3)nc(-c3cccc(-n4c5ccc(-c6cccc7c6oc6ccccc67)cc5c5cc(-c6cccc7c6oc6ccccc67)ccc54)c3)c2)cc1. The molecule has 13 aromatic rings. The van der Waals surface area contributed by atoms with E-state index in [1.807, 2.05) is 30.3 Å². The van der Waals surface area contributed by atoms with Gasteiger partial charge in [0.25, 0.3) is 0 Å². The van der Waals surface area contributed by atoms with Crippen LogP contribution in [0.4, 0.5) is 0 Å². The Balaban J connectivity index is 1.03. The average Bonchev–Trinajstić information content (AvgIpc) is 4.04. The molecule has 0 amide bonds. The maximum atomic E-state index is 6.56. The number of fused-ring (bicyclic) bond motifs is 9. The summed E-state index contributed by atoms with van der Waals surface area (Å²) in [5.41, 5.74) is 17.4. The number of benzene rings is 9. The second-order valence-corrected chi connectivity index (χ2v) is 16.3. The van der Waals surface area contributed by atoms with Crippen molar-refractivity contribution in [3.05, 3.63) is 218 Å². The van der Waals surface area contributed by atoms with Crippen LogP contribution in [-0.4, -0.2) is 9.55 Å². The van der Waals surface area contributed by atoms with Gasteiger partial charge < -0.3 is 13.4 Å². The molecule has 0 atom stereocenters. The normalized spacial score (nSPS) is 11.8. The molecule has 0 spiro atoms. The van der Waals surface area contributed by atoms with Crippen LogP contribution in [-0.2, 0) is 0 Å². The van der Waals surface area contributed by atoms with Crippen LogP contribution in [0.5, 0.6) is 0 Å². The van der Waals surface area contributed by atoms with Gasteiger partial charge in [0.15, 0.2) is 0 Å². The quantitative estimate of drug-likeness (QED) is 0.168. The summed E-state index contributed by atoms with van der Waals surface area (Å²) in [5, 5.41) is 6.77. The standard InChI is InChI=1S/C59H36N2O2/c1-3-14-37(15-4-1)42-35-52(38-16-5-2-6-17-38)60-53(36-42)41-18-11-19-43(32-41)61-54-30-28-39(44-22-12-24-48-46-20-7-9-26-56(46)62-58(44)48)33-50(54)51-34-40(29-31-55(51)61)45-23-13-25-49-47-21-8-10-27-57(47)63-59(45)49/h1-36H. The minimum absolute atomic E-state index is 0.890. The zero-order valence-corrected chi connectivity index (χ0v) is 34.0. The first-order valence-corrected chi connectivity index (χ1v) is 21.4. The molecule has 0 fully saturated rings. The van der Waals surface area contributed by atoms with Crippen molar-refractivity contribution in [2.24, 2.45) is 0 Å². The summed E-state index contributed by atoms with van der Waals surface area (Å²) in [6.07, 6.45) is 0. The van der Waals surface area contributed by atoms with Crippen molar-refractivity contribution in [2.75, 3.05) is 0 Å². The van der Waals surface area contributed by atoms with Crippen molar-refractivity contribution < 1.29 is 8.83 Å². The van der Waals surface area contributed by atoms with Gasteiger partial charge >= 0.3 is 0 Å². The monoisotopic (exact) mass is 804 g/mol. The van der Waals surface area contributed by atoms with Crippen molar-refractivity contribution in [3.63, 3.8) is 0 Å². The Morgan fingerprint density at radius 1 is 0.302 bits per heavy atom. The Bertz CT molecular complexity index is 3680. The molecule has 0 bridgehead atoms. The van der Waals surface area contributed by atoms with E-state index in [4.69, 9.17) is 13.8 Å².